The molecular formula is C20H30ClFN2O. The van der Waals surface area contributed by atoms with Crippen molar-refractivity contribution in [1.82, 2.24) is 10.6 Å². The largest absolute Gasteiger partial charge is 0.349 e. The number of piperidine rings is 1. The van der Waals surface area contributed by atoms with Gasteiger partial charge in [-0.05, 0) is 73.7 Å². The van der Waals surface area contributed by atoms with Crippen molar-refractivity contribution >= 4 is 18.3 Å². The van der Waals surface area contributed by atoms with Gasteiger partial charge in [0.05, 0.1) is 6.04 Å². The lowest BCUT2D eigenvalue weighted by molar-refractivity contribution is -0.123. The van der Waals surface area contributed by atoms with Crippen molar-refractivity contribution in [2.24, 2.45) is 17.8 Å². The van der Waals surface area contributed by atoms with Crippen molar-refractivity contribution < 1.29 is 9.18 Å². The molecule has 2 aliphatic rings. The molecule has 1 aliphatic carbocycles. The van der Waals surface area contributed by atoms with Crippen LogP contribution in [-0.2, 0) is 11.2 Å². The molecule has 140 valence electrons. The molecule has 3 unspecified atom stereocenters. The lowest BCUT2D eigenvalue weighted by Gasteiger charge is -2.33. The van der Waals surface area contributed by atoms with Gasteiger partial charge < -0.3 is 10.6 Å². The van der Waals surface area contributed by atoms with E-state index in [2.05, 4.69) is 24.5 Å². The first kappa shape index (κ1) is 20.2. The zero-order valence-electron chi connectivity index (χ0n) is 15.2. The number of nitrogens with one attached hydrogen (secondary N) is 2. The number of rotatable bonds is 4. The van der Waals surface area contributed by atoms with Gasteiger partial charge in [0.15, 0.2) is 0 Å². The number of benzene rings is 1. The third kappa shape index (κ3) is 4.73. The standard InChI is InChI=1S/C20H29FN2O.ClH/c1-13-6-7-16-17(4-3-5-18(16)21)20(13)23-19(24)12-14(2)15-8-10-22-11-9-15;/h3-5,13-15,20,22H,6-12H2,1-2H3,(H,23,24);1H. The third-order valence-corrected chi connectivity index (χ3v) is 5.92. The second-order valence-electron chi connectivity index (χ2n) is 7.64. The number of halogens is 2. The maximum absolute atomic E-state index is 14.0. The Balaban J connectivity index is 0.00000225. The minimum atomic E-state index is -0.137. The second-order valence-corrected chi connectivity index (χ2v) is 7.64. The summed E-state index contributed by atoms with van der Waals surface area (Å²) < 4.78 is 14.0. The maximum atomic E-state index is 14.0. The number of carbonyl (C=O) groups excluding carboxylic acids is 1. The van der Waals surface area contributed by atoms with Crippen LogP contribution >= 0.6 is 12.4 Å². The molecule has 1 aliphatic heterocycles. The van der Waals surface area contributed by atoms with Crippen LogP contribution in [0.5, 0.6) is 0 Å². The smallest absolute Gasteiger partial charge is 0.220 e. The summed E-state index contributed by atoms with van der Waals surface area (Å²) in [5.74, 6) is 1.35. The van der Waals surface area contributed by atoms with E-state index in [1.54, 1.807) is 6.07 Å². The maximum Gasteiger partial charge on any atom is 0.220 e. The molecule has 1 aromatic carbocycles. The van der Waals surface area contributed by atoms with E-state index in [0.29, 0.717) is 24.2 Å². The average Bonchev–Trinajstić information content (AvgIpc) is 2.58. The van der Waals surface area contributed by atoms with Crippen LogP contribution in [0, 0.1) is 23.6 Å². The topological polar surface area (TPSA) is 41.1 Å². The van der Waals surface area contributed by atoms with Crippen LogP contribution in [-0.4, -0.2) is 19.0 Å². The van der Waals surface area contributed by atoms with Gasteiger partial charge in [-0.2, -0.15) is 0 Å². The summed E-state index contributed by atoms with van der Waals surface area (Å²) in [6.45, 7) is 6.45. The molecule has 1 saturated heterocycles. The summed E-state index contributed by atoms with van der Waals surface area (Å²) in [5, 5.41) is 6.58. The fourth-order valence-electron chi connectivity index (χ4n) is 4.30. The van der Waals surface area contributed by atoms with Crippen molar-refractivity contribution in [2.75, 3.05) is 13.1 Å². The first-order valence-corrected chi connectivity index (χ1v) is 9.33. The number of hydrogen-bond acceptors (Lipinski definition) is 2. The molecule has 2 N–H and O–H groups in total. The molecule has 25 heavy (non-hydrogen) atoms. The molecule has 0 saturated carbocycles. The second kappa shape index (κ2) is 9.00. The van der Waals surface area contributed by atoms with Crippen molar-refractivity contribution in [2.45, 2.75) is 52.0 Å². The Morgan fingerprint density at radius 1 is 1.32 bits per heavy atom. The molecule has 0 spiro atoms. The fourth-order valence-corrected chi connectivity index (χ4v) is 4.30. The zero-order valence-corrected chi connectivity index (χ0v) is 16.0. The van der Waals surface area contributed by atoms with E-state index in [1.165, 1.54) is 6.07 Å². The van der Waals surface area contributed by atoms with Crippen molar-refractivity contribution in [3.63, 3.8) is 0 Å². The van der Waals surface area contributed by atoms with Gasteiger partial charge in [0.25, 0.3) is 0 Å². The van der Waals surface area contributed by atoms with Crippen LogP contribution in [0.2, 0.25) is 0 Å². The Morgan fingerprint density at radius 3 is 2.76 bits per heavy atom. The highest BCUT2D eigenvalue weighted by molar-refractivity contribution is 5.85. The highest BCUT2D eigenvalue weighted by atomic mass is 35.5. The van der Waals surface area contributed by atoms with E-state index >= 15 is 0 Å². The Bertz CT molecular complexity index is 589. The summed E-state index contributed by atoms with van der Waals surface area (Å²) in [4.78, 5) is 12.6. The van der Waals surface area contributed by atoms with Gasteiger partial charge in [-0.3, -0.25) is 4.79 Å². The van der Waals surface area contributed by atoms with Gasteiger partial charge in [-0.1, -0.05) is 26.0 Å². The van der Waals surface area contributed by atoms with E-state index in [4.69, 9.17) is 0 Å². The Labute approximate surface area is 156 Å². The van der Waals surface area contributed by atoms with Crippen molar-refractivity contribution in [1.29, 1.82) is 0 Å². The number of amides is 1. The zero-order chi connectivity index (χ0) is 17.1. The molecular weight excluding hydrogens is 339 g/mol. The molecule has 1 fully saturated rings. The summed E-state index contributed by atoms with van der Waals surface area (Å²) in [5.41, 5.74) is 1.75. The van der Waals surface area contributed by atoms with Crippen molar-refractivity contribution in [3.05, 3.63) is 35.1 Å². The third-order valence-electron chi connectivity index (χ3n) is 5.92. The van der Waals surface area contributed by atoms with Gasteiger partial charge in [0.2, 0.25) is 5.91 Å². The van der Waals surface area contributed by atoms with E-state index in [-0.39, 0.29) is 30.2 Å². The van der Waals surface area contributed by atoms with Gasteiger partial charge >= 0.3 is 0 Å². The molecule has 0 radical (unpaired) electrons. The minimum absolute atomic E-state index is 0. The lowest BCUT2D eigenvalue weighted by Crippen LogP contribution is -2.38. The summed E-state index contributed by atoms with van der Waals surface area (Å²) in [6.07, 6.45) is 4.56. The van der Waals surface area contributed by atoms with Gasteiger partial charge in [-0.25, -0.2) is 4.39 Å². The Morgan fingerprint density at radius 2 is 2.04 bits per heavy atom. The van der Waals surface area contributed by atoms with Crippen LogP contribution in [0.3, 0.4) is 0 Å². The quantitative estimate of drug-likeness (QED) is 0.842. The predicted octanol–water partition coefficient (Wildman–Crippen LogP) is 4.01. The molecule has 0 aromatic heterocycles. The summed E-state index contributed by atoms with van der Waals surface area (Å²) >= 11 is 0. The summed E-state index contributed by atoms with van der Waals surface area (Å²) in [6, 6.07) is 5.18. The summed E-state index contributed by atoms with van der Waals surface area (Å²) in [7, 11) is 0. The fraction of sp³-hybridized carbons (Fsp3) is 0.650. The Hall–Kier alpha value is -1.13. The van der Waals surface area contributed by atoms with E-state index < -0.39 is 0 Å². The molecule has 1 aromatic rings. The van der Waals surface area contributed by atoms with Crippen LogP contribution in [0.1, 0.15) is 56.7 Å². The van der Waals surface area contributed by atoms with E-state index in [9.17, 15) is 9.18 Å². The minimum Gasteiger partial charge on any atom is -0.349 e. The molecule has 5 heteroatoms. The average molecular weight is 369 g/mol. The lowest BCUT2D eigenvalue weighted by atomic mass is 9.80. The molecule has 1 heterocycles. The van der Waals surface area contributed by atoms with Gasteiger partial charge in [0, 0.05) is 6.42 Å². The molecule has 1 amide bonds. The van der Waals surface area contributed by atoms with Crippen LogP contribution in [0.4, 0.5) is 4.39 Å². The molecule has 3 rings (SSSR count). The van der Waals surface area contributed by atoms with Gasteiger partial charge in [0.1, 0.15) is 5.82 Å². The monoisotopic (exact) mass is 368 g/mol. The van der Waals surface area contributed by atoms with Crippen LogP contribution < -0.4 is 10.6 Å². The number of carbonyl (C=O) groups is 1. The number of fused-ring (bicyclic) bond motifs is 1. The first-order chi connectivity index (χ1) is 11.6. The normalized spacial score (nSPS) is 24.8. The molecule has 3 nitrogen and oxygen atoms in total. The van der Waals surface area contributed by atoms with Gasteiger partial charge in [-0.15, -0.1) is 12.4 Å². The van der Waals surface area contributed by atoms with Crippen LogP contribution in [0.25, 0.3) is 0 Å². The van der Waals surface area contributed by atoms with E-state index in [1.807, 2.05) is 6.07 Å². The highest BCUT2D eigenvalue weighted by Crippen LogP contribution is 2.35. The van der Waals surface area contributed by atoms with Crippen molar-refractivity contribution in [3.8, 4) is 0 Å². The predicted molar refractivity (Wildman–Crippen MR) is 101 cm³/mol. The molecule has 3 atom stereocenters. The number of hydrogen-bond donors (Lipinski definition) is 2. The SMILES string of the molecule is CC(CC(=O)NC1c2cccc(F)c2CCC1C)C1CCNCC1.Cl. The highest BCUT2D eigenvalue weighted by Gasteiger charge is 2.30. The van der Waals surface area contributed by atoms with Crippen LogP contribution in [0.15, 0.2) is 18.2 Å². The van der Waals surface area contributed by atoms with E-state index in [0.717, 1.165) is 49.9 Å². The first-order valence-electron chi connectivity index (χ1n) is 9.33. The Kier molecular flexibility index (Phi) is 7.26. The molecule has 0 bridgehead atoms.